The van der Waals surface area contributed by atoms with Crippen molar-refractivity contribution in [2.75, 3.05) is 57.3 Å². The zero-order valence-electron chi connectivity index (χ0n) is 23.6. The highest BCUT2D eigenvalue weighted by Gasteiger charge is 2.71. The van der Waals surface area contributed by atoms with Crippen LogP contribution in [0.3, 0.4) is 0 Å². The zero-order valence-corrected chi connectivity index (χ0v) is 23.6. The molecule has 222 valence electrons. The predicted octanol–water partition coefficient (Wildman–Crippen LogP) is 2.28. The Kier molecular flexibility index (Phi) is 7.33. The summed E-state index contributed by atoms with van der Waals surface area (Å²) in [4.78, 5) is 46.8. The molecule has 5 rings (SSSR count). The van der Waals surface area contributed by atoms with Crippen molar-refractivity contribution < 1.29 is 32.3 Å². The molecule has 10 nitrogen and oxygen atoms in total. The van der Waals surface area contributed by atoms with Gasteiger partial charge in [0.2, 0.25) is 11.8 Å². The third-order valence-electron chi connectivity index (χ3n) is 8.65. The third-order valence-corrected chi connectivity index (χ3v) is 8.65. The predicted molar refractivity (Wildman–Crippen MR) is 142 cm³/mol. The molecule has 4 fully saturated rings. The van der Waals surface area contributed by atoms with Crippen LogP contribution in [0.5, 0.6) is 0 Å². The molecule has 0 radical (unpaired) electrons. The van der Waals surface area contributed by atoms with Gasteiger partial charge in [-0.3, -0.25) is 19.4 Å². The lowest BCUT2D eigenvalue weighted by Crippen LogP contribution is -2.59. The molecule has 4 aliphatic rings. The maximum Gasteiger partial charge on any atom is 0.417 e. The number of alkyl halides is 3. The maximum absolute atomic E-state index is 13.7. The molecule has 4 saturated heterocycles. The van der Waals surface area contributed by atoms with E-state index in [1.807, 2.05) is 18.7 Å². The van der Waals surface area contributed by atoms with Crippen molar-refractivity contribution in [1.29, 1.82) is 5.26 Å². The second kappa shape index (κ2) is 10.3. The van der Waals surface area contributed by atoms with Crippen molar-refractivity contribution in [2.45, 2.75) is 51.1 Å². The number of ether oxygens (including phenoxy) is 1. The molecular formula is C28H35F3N6O4. The van der Waals surface area contributed by atoms with Crippen LogP contribution in [-0.2, 0) is 20.5 Å². The molecule has 0 aliphatic carbocycles. The van der Waals surface area contributed by atoms with Crippen LogP contribution >= 0.6 is 0 Å². The van der Waals surface area contributed by atoms with E-state index in [0.29, 0.717) is 38.8 Å². The van der Waals surface area contributed by atoms with Crippen molar-refractivity contribution >= 4 is 23.5 Å². The summed E-state index contributed by atoms with van der Waals surface area (Å²) >= 11 is 0. The van der Waals surface area contributed by atoms with Gasteiger partial charge in [-0.15, -0.1) is 0 Å². The van der Waals surface area contributed by atoms with Gasteiger partial charge in [0.15, 0.2) is 0 Å². The molecule has 0 spiro atoms. The molecule has 1 aromatic rings. The molecule has 13 heteroatoms. The summed E-state index contributed by atoms with van der Waals surface area (Å²) in [5.74, 6) is -2.83. The number of imide groups is 1. The lowest BCUT2D eigenvalue weighted by Gasteiger charge is -2.45. The van der Waals surface area contributed by atoms with Crippen LogP contribution in [0.15, 0.2) is 18.2 Å². The number of nitrogens with zero attached hydrogens (tertiary/aromatic N) is 5. The summed E-state index contributed by atoms with van der Waals surface area (Å²) in [6, 6.07) is 4.45. The lowest BCUT2D eigenvalue weighted by atomic mass is 9.79. The number of halogens is 3. The van der Waals surface area contributed by atoms with Crippen LogP contribution in [0, 0.1) is 23.2 Å². The van der Waals surface area contributed by atoms with Crippen LogP contribution in [0.4, 0.5) is 23.7 Å². The number of fused-ring (bicyclic) bond motifs is 5. The van der Waals surface area contributed by atoms with E-state index in [1.165, 1.54) is 12.1 Å². The summed E-state index contributed by atoms with van der Waals surface area (Å²) in [5, 5.41) is 12.0. The highest BCUT2D eigenvalue weighted by Crippen LogP contribution is 2.55. The number of carbonyl (C=O) groups excluding carboxylic acids is 3. The molecule has 41 heavy (non-hydrogen) atoms. The van der Waals surface area contributed by atoms with Crippen molar-refractivity contribution in [2.24, 2.45) is 11.8 Å². The summed E-state index contributed by atoms with van der Waals surface area (Å²) < 4.78 is 47.2. The standard InChI is InChI=1S/C28H35F3N6O4/c1-17(2)33-25(40)36-11-9-34(10-12-36)7-8-35-15-26(3)21-22(27(4,16-35)41-26)24(39)37(23(21)38)19-6-5-18(14-32)20(13-19)28(29,30)31/h5-6,13,17,21-22H,7-12,15-16H2,1-4H3,(H,33,40)/t21-,22+,26?,27?. The normalized spacial score (nSPS) is 30.6. The molecule has 2 bridgehead atoms. The molecular weight excluding hydrogens is 541 g/mol. The van der Waals surface area contributed by atoms with Crippen molar-refractivity contribution in [3.63, 3.8) is 0 Å². The first-order valence-corrected chi connectivity index (χ1v) is 13.9. The van der Waals surface area contributed by atoms with E-state index in [1.54, 1.807) is 13.8 Å². The van der Waals surface area contributed by atoms with Crippen LogP contribution in [0.25, 0.3) is 0 Å². The quantitative estimate of drug-likeness (QED) is 0.536. The number of rotatable bonds is 5. The van der Waals surface area contributed by atoms with Crippen LogP contribution in [0.1, 0.15) is 38.8 Å². The van der Waals surface area contributed by atoms with Gasteiger partial charge in [0.25, 0.3) is 0 Å². The summed E-state index contributed by atoms with van der Waals surface area (Å²) in [6.07, 6.45) is -4.81. The molecule has 1 aromatic carbocycles. The minimum Gasteiger partial charge on any atom is -0.365 e. The van der Waals surface area contributed by atoms with E-state index >= 15 is 0 Å². The van der Waals surface area contributed by atoms with Gasteiger partial charge in [-0.05, 0) is 45.9 Å². The number of hydrogen-bond acceptors (Lipinski definition) is 7. The van der Waals surface area contributed by atoms with Gasteiger partial charge in [0, 0.05) is 58.4 Å². The fourth-order valence-electron chi connectivity index (χ4n) is 6.98. The van der Waals surface area contributed by atoms with Gasteiger partial charge in [0.1, 0.15) is 0 Å². The van der Waals surface area contributed by atoms with E-state index in [9.17, 15) is 27.6 Å². The number of carbonyl (C=O) groups is 3. The van der Waals surface area contributed by atoms with Gasteiger partial charge >= 0.3 is 12.2 Å². The first-order chi connectivity index (χ1) is 19.2. The fraction of sp³-hybridized carbons (Fsp3) is 0.643. The Labute approximate surface area is 237 Å². The second-order valence-corrected chi connectivity index (χ2v) is 12.2. The molecule has 4 aliphatic heterocycles. The van der Waals surface area contributed by atoms with Gasteiger partial charge in [-0.25, -0.2) is 9.69 Å². The first kappa shape index (κ1) is 29.3. The largest absolute Gasteiger partial charge is 0.417 e. The average Bonchev–Trinajstić information content (AvgIpc) is 3.26. The molecule has 4 atom stereocenters. The van der Waals surface area contributed by atoms with Crippen molar-refractivity contribution in [3.8, 4) is 6.07 Å². The van der Waals surface area contributed by atoms with E-state index in [2.05, 4.69) is 15.1 Å². The van der Waals surface area contributed by atoms with E-state index in [0.717, 1.165) is 30.6 Å². The molecule has 2 unspecified atom stereocenters. The highest BCUT2D eigenvalue weighted by atomic mass is 19.4. The molecule has 4 heterocycles. The smallest absolute Gasteiger partial charge is 0.365 e. The Morgan fingerprint density at radius 2 is 1.61 bits per heavy atom. The number of hydrogen-bond donors (Lipinski definition) is 1. The Balaban J connectivity index is 1.27. The van der Waals surface area contributed by atoms with Crippen molar-refractivity contribution in [1.82, 2.24) is 20.0 Å². The summed E-state index contributed by atoms with van der Waals surface area (Å²) in [7, 11) is 0. The van der Waals surface area contributed by atoms with Crippen LogP contribution < -0.4 is 10.2 Å². The number of urea groups is 1. The molecule has 4 amide bonds. The Morgan fingerprint density at radius 1 is 1.05 bits per heavy atom. The Bertz CT molecular complexity index is 1250. The number of nitrogens with one attached hydrogen (secondary N) is 1. The van der Waals surface area contributed by atoms with E-state index < -0.39 is 52.2 Å². The number of morpholine rings is 1. The summed E-state index contributed by atoms with van der Waals surface area (Å²) in [5.41, 5.74) is -3.94. The highest BCUT2D eigenvalue weighted by molar-refractivity contribution is 6.23. The second-order valence-electron chi connectivity index (χ2n) is 12.2. The Morgan fingerprint density at radius 3 is 2.12 bits per heavy atom. The van der Waals surface area contributed by atoms with Gasteiger partial charge in [0.05, 0.1) is 45.9 Å². The Hall–Kier alpha value is -3.21. The van der Waals surface area contributed by atoms with Gasteiger partial charge in [-0.1, -0.05) is 0 Å². The third kappa shape index (κ3) is 5.17. The van der Waals surface area contributed by atoms with Gasteiger partial charge < -0.3 is 15.0 Å². The van der Waals surface area contributed by atoms with E-state index in [4.69, 9.17) is 10.00 Å². The number of benzene rings is 1. The first-order valence-electron chi connectivity index (χ1n) is 13.9. The maximum atomic E-state index is 13.7. The lowest BCUT2D eigenvalue weighted by molar-refractivity contribution is -0.169. The fourth-order valence-corrected chi connectivity index (χ4v) is 6.98. The zero-order chi connectivity index (χ0) is 29.9. The molecule has 1 N–H and O–H groups in total. The topological polar surface area (TPSA) is 109 Å². The van der Waals surface area contributed by atoms with Crippen LogP contribution in [-0.4, -0.2) is 102 Å². The number of amides is 4. The minimum atomic E-state index is -4.81. The number of likely N-dealkylation sites (tertiary alicyclic amines) is 1. The summed E-state index contributed by atoms with van der Waals surface area (Å²) in [6.45, 7) is 12.4. The average molecular weight is 577 g/mol. The number of piperazine rings is 1. The number of nitriles is 1. The number of anilines is 1. The molecule has 0 aromatic heterocycles. The van der Waals surface area contributed by atoms with Gasteiger partial charge in [-0.2, -0.15) is 18.4 Å². The van der Waals surface area contributed by atoms with Crippen LogP contribution in [0.2, 0.25) is 0 Å². The monoisotopic (exact) mass is 576 g/mol. The minimum absolute atomic E-state index is 0.0594. The van der Waals surface area contributed by atoms with Crippen molar-refractivity contribution in [3.05, 3.63) is 29.3 Å². The SMILES string of the molecule is CC(C)NC(=O)N1CCN(CCN2CC3(C)OC(C)(C2)[C@H]2C(=O)N(c4ccc(C#N)c(C(F)(F)F)c4)C(=O)[C@H]23)CC1. The van der Waals surface area contributed by atoms with E-state index in [-0.39, 0.29) is 17.8 Å². The molecule has 0 saturated carbocycles.